The molecule has 4 heterocycles. The van der Waals surface area contributed by atoms with Crippen LogP contribution in [-0.2, 0) is 17.0 Å². The predicted octanol–water partition coefficient (Wildman–Crippen LogP) is 2.81. The predicted molar refractivity (Wildman–Crippen MR) is 118 cm³/mol. The van der Waals surface area contributed by atoms with Gasteiger partial charge in [0.1, 0.15) is 5.76 Å². The van der Waals surface area contributed by atoms with Crippen LogP contribution in [0.4, 0.5) is 0 Å². The third-order valence-electron chi connectivity index (χ3n) is 5.06. The van der Waals surface area contributed by atoms with E-state index in [1.807, 2.05) is 49.7 Å². The molecule has 9 nitrogen and oxygen atoms in total. The number of nitrogens with one attached hydrogen (secondary N) is 1. The van der Waals surface area contributed by atoms with Crippen molar-refractivity contribution in [3.05, 3.63) is 59.1 Å². The lowest BCUT2D eigenvalue weighted by atomic mass is 10.1. The minimum absolute atomic E-state index is 0.0461. The Kier molecular flexibility index (Phi) is 6.36. The summed E-state index contributed by atoms with van der Waals surface area (Å²) in [5.41, 5.74) is 3.66. The van der Waals surface area contributed by atoms with Crippen LogP contribution in [0.2, 0.25) is 0 Å². The van der Waals surface area contributed by atoms with Crippen LogP contribution in [0.25, 0.3) is 11.5 Å². The van der Waals surface area contributed by atoms with Crippen LogP contribution >= 0.6 is 11.8 Å². The lowest BCUT2D eigenvalue weighted by Gasteiger charge is -2.07. The summed E-state index contributed by atoms with van der Waals surface area (Å²) in [4.78, 5) is 12.3. The van der Waals surface area contributed by atoms with Crippen LogP contribution in [0.5, 0.6) is 0 Å². The van der Waals surface area contributed by atoms with E-state index in [-0.39, 0.29) is 5.91 Å². The number of amides is 1. The summed E-state index contributed by atoms with van der Waals surface area (Å²) in [5.74, 6) is 4.07. The Morgan fingerprint density at radius 2 is 2.03 bits per heavy atom. The monoisotopic (exact) mass is 439 g/mol. The van der Waals surface area contributed by atoms with Crippen molar-refractivity contribution in [1.29, 1.82) is 0 Å². The highest BCUT2D eigenvalue weighted by molar-refractivity contribution is 7.98. The molecule has 0 spiro atoms. The van der Waals surface area contributed by atoms with Crippen molar-refractivity contribution >= 4 is 23.3 Å². The molecule has 4 rings (SSSR count). The van der Waals surface area contributed by atoms with Gasteiger partial charge >= 0.3 is 0 Å². The normalized spacial score (nSPS) is 11.3. The van der Waals surface area contributed by atoms with Gasteiger partial charge in [0.05, 0.1) is 17.7 Å². The smallest absolute Gasteiger partial charge is 0.220 e. The van der Waals surface area contributed by atoms with Crippen molar-refractivity contribution in [1.82, 2.24) is 34.9 Å². The highest BCUT2D eigenvalue weighted by Crippen LogP contribution is 2.19. The minimum atomic E-state index is 0.0461. The van der Waals surface area contributed by atoms with E-state index in [4.69, 9.17) is 4.42 Å². The highest BCUT2D eigenvalue weighted by Gasteiger charge is 2.16. The van der Waals surface area contributed by atoms with Gasteiger partial charge in [-0.3, -0.25) is 4.79 Å². The fourth-order valence-corrected chi connectivity index (χ4v) is 4.17. The molecule has 0 saturated heterocycles. The van der Waals surface area contributed by atoms with Gasteiger partial charge in [-0.2, -0.15) is 21.4 Å². The number of hydrogen-bond donors (Lipinski definition) is 1. The maximum atomic E-state index is 12.3. The van der Waals surface area contributed by atoms with Crippen molar-refractivity contribution in [3.8, 4) is 5.82 Å². The molecule has 0 aliphatic rings. The lowest BCUT2D eigenvalue weighted by Crippen LogP contribution is -2.26. The quantitative estimate of drug-likeness (QED) is 0.400. The molecular weight excluding hydrogens is 414 g/mol. The van der Waals surface area contributed by atoms with E-state index >= 15 is 0 Å². The Labute approximate surface area is 184 Å². The molecule has 0 bridgehead atoms. The molecule has 0 unspecified atom stereocenters. The summed E-state index contributed by atoms with van der Waals surface area (Å²) in [6, 6.07) is 7.58. The molecule has 0 radical (unpaired) electrons. The zero-order valence-electron chi connectivity index (χ0n) is 17.8. The standard InChI is InChI=1S/C21H25N7O2S/c1-14-18(6-9-21(29)22-10-12-31-13-17-5-4-11-30-17)15(2)27(25-14)20-8-7-19-24-23-16(3)28(19)26-20/h4-5,7-8,11H,6,9-10,12-13H2,1-3H3,(H,22,29). The van der Waals surface area contributed by atoms with Gasteiger partial charge in [-0.15, -0.1) is 15.3 Å². The zero-order valence-corrected chi connectivity index (χ0v) is 18.6. The number of aryl methyl sites for hydroxylation is 2. The van der Waals surface area contributed by atoms with Gasteiger partial charge in [-0.25, -0.2) is 4.68 Å². The van der Waals surface area contributed by atoms with Crippen molar-refractivity contribution in [3.63, 3.8) is 0 Å². The highest BCUT2D eigenvalue weighted by atomic mass is 32.2. The molecule has 0 fully saturated rings. The second-order valence-electron chi connectivity index (χ2n) is 7.25. The molecule has 4 aromatic heterocycles. The number of fused-ring (bicyclic) bond motifs is 1. The van der Waals surface area contributed by atoms with Gasteiger partial charge in [0, 0.05) is 24.4 Å². The van der Waals surface area contributed by atoms with Crippen LogP contribution in [0.1, 0.15) is 35.0 Å². The van der Waals surface area contributed by atoms with Gasteiger partial charge in [-0.05, 0) is 57.0 Å². The Morgan fingerprint density at radius 3 is 2.84 bits per heavy atom. The molecule has 0 saturated carbocycles. The molecule has 162 valence electrons. The van der Waals surface area contributed by atoms with Gasteiger partial charge in [0.2, 0.25) is 5.91 Å². The number of nitrogens with zero attached hydrogens (tertiary/aromatic N) is 6. The number of rotatable bonds is 9. The van der Waals surface area contributed by atoms with E-state index in [9.17, 15) is 4.79 Å². The second kappa shape index (κ2) is 9.34. The van der Waals surface area contributed by atoms with Gasteiger partial charge < -0.3 is 9.73 Å². The van der Waals surface area contributed by atoms with Crippen LogP contribution < -0.4 is 5.32 Å². The van der Waals surface area contributed by atoms with E-state index < -0.39 is 0 Å². The first kappa shape index (κ1) is 21.1. The lowest BCUT2D eigenvalue weighted by molar-refractivity contribution is -0.120. The first-order valence-corrected chi connectivity index (χ1v) is 11.3. The third-order valence-corrected chi connectivity index (χ3v) is 6.04. The van der Waals surface area contributed by atoms with Crippen molar-refractivity contribution in [2.75, 3.05) is 12.3 Å². The summed E-state index contributed by atoms with van der Waals surface area (Å²) in [6.45, 7) is 6.47. The van der Waals surface area contributed by atoms with E-state index in [1.165, 1.54) is 0 Å². The number of carbonyl (C=O) groups is 1. The number of thioether (sulfide) groups is 1. The van der Waals surface area contributed by atoms with Crippen molar-refractivity contribution < 1.29 is 9.21 Å². The maximum absolute atomic E-state index is 12.3. The molecule has 4 aromatic rings. The van der Waals surface area contributed by atoms with E-state index in [2.05, 4.69) is 25.7 Å². The number of aromatic nitrogens is 6. The first-order valence-electron chi connectivity index (χ1n) is 10.1. The van der Waals surface area contributed by atoms with Crippen LogP contribution in [0, 0.1) is 20.8 Å². The number of furan rings is 1. The number of hydrogen-bond acceptors (Lipinski definition) is 7. The average molecular weight is 440 g/mol. The Morgan fingerprint density at radius 1 is 1.16 bits per heavy atom. The summed E-state index contributed by atoms with van der Waals surface area (Å²) in [7, 11) is 0. The maximum Gasteiger partial charge on any atom is 0.220 e. The molecule has 1 N–H and O–H groups in total. The third kappa shape index (κ3) is 4.79. The Hall–Kier alpha value is -3.14. The molecule has 0 aliphatic carbocycles. The molecule has 10 heteroatoms. The molecule has 1 amide bonds. The van der Waals surface area contributed by atoms with Crippen LogP contribution in [0.15, 0.2) is 34.9 Å². The van der Waals surface area contributed by atoms with Crippen molar-refractivity contribution in [2.24, 2.45) is 0 Å². The fourth-order valence-electron chi connectivity index (χ4n) is 3.42. The Balaban J connectivity index is 1.32. The summed E-state index contributed by atoms with van der Waals surface area (Å²) in [6.07, 6.45) is 2.73. The van der Waals surface area contributed by atoms with E-state index in [1.54, 1.807) is 22.5 Å². The Bertz CT molecular complexity index is 1180. The van der Waals surface area contributed by atoms with E-state index in [0.29, 0.717) is 30.9 Å². The summed E-state index contributed by atoms with van der Waals surface area (Å²) in [5, 5.41) is 20.3. The van der Waals surface area contributed by atoms with Gasteiger partial charge in [0.15, 0.2) is 17.3 Å². The fraction of sp³-hybridized carbons (Fsp3) is 0.381. The molecule has 0 atom stereocenters. The summed E-state index contributed by atoms with van der Waals surface area (Å²) >= 11 is 1.74. The zero-order chi connectivity index (χ0) is 21.8. The average Bonchev–Trinajstić information content (AvgIpc) is 3.47. The van der Waals surface area contributed by atoms with E-state index in [0.717, 1.165) is 40.0 Å². The molecule has 0 aliphatic heterocycles. The van der Waals surface area contributed by atoms with Crippen LogP contribution in [0.3, 0.4) is 0 Å². The van der Waals surface area contributed by atoms with Gasteiger partial charge in [0.25, 0.3) is 0 Å². The van der Waals surface area contributed by atoms with Crippen molar-refractivity contribution in [2.45, 2.75) is 39.4 Å². The van der Waals surface area contributed by atoms with Gasteiger partial charge in [-0.1, -0.05) is 0 Å². The largest absolute Gasteiger partial charge is 0.468 e. The number of carbonyl (C=O) groups excluding carboxylic acids is 1. The molecule has 0 aromatic carbocycles. The second-order valence-corrected chi connectivity index (χ2v) is 8.36. The minimum Gasteiger partial charge on any atom is -0.468 e. The molecular formula is C21H25N7O2S. The SMILES string of the molecule is Cc1nn(-c2ccc3nnc(C)n3n2)c(C)c1CCC(=O)NCCSCc1ccco1. The van der Waals surface area contributed by atoms with Crippen LogP contribution in [-0.4, -0.2) is 47.8 Å². The summed E-state index contributed by atoms with van der Waals surface area (Å²) < 4.78 is 8.81. The first-order chi connectivity index (χ1) is 15.0. The molecule has 31 heavy (non-hydrogen) atoms. The topological polar surface area (TPSA) is 103 Å².